The van der Waals surface area contributed by atoms with E-state index in [9.17, 15) is 4.79 Å². The maximum Gasteiger partial charge on any atom is 0.232 e. The van der Waals surface area contributed by atoms with E-state index in [0.717, 1.165) is 44.7 Å². The van der Waals surface area contributed by atoms with Gasteiger partial charge in [0.1, 0.15) is 29.6 Å². The number of halogens is 1. The number of allylic oxidation sites excluding steroid dienone is 1. The van der Waals surface area contributed by atoms with Crippen LogP contribution in [0.15, 0.2) is 54.4 Å². The van der Waals surface area contributed by atoms with Crippen molar-refractivity contribution in [1.29, 1.82) is 0 Å². The van der Waals surface area contributed by atoms with Gasteiger partial charge in [0, 0.05) is 51.9 Å². The van der Waals surface area contributed by atoms with Crippen LogP contribution >= 0.6 is 11.6 Å². The molecule has 0 radical (unpaired) electrons. The van der Waals surface area contributed by atoms with Crippen LogP contribution in [0, 0.1) is 6.92 Å². The van der Waals surface area contributed by atoms with E-state index in [0.29, 0.717) is 28.7 Å². The van der Waals surface area contributed by atoms with Crippen LogP contribution in [-0.2, 0) is 25.0 Å². The Kier molecular flexibility index (Phi) is 5.82. The van der Waals surface area contributed by atoms with Gasteiger partial charge in [-0.15, -0.1) is 0 Å². The predicted octanol–water partition coefficient (Wildman–Crippen LogP) is 6.21. The fraction of sp³-hybridized carbons (Fsp3) is 0.207. The smallest absolute Gasteiger partial charge is 0.232 e. The largest absolute Gasteiger partial charge is 0.497 e. The molecule has 3 aromatic carbocycles. The van der Waals surface area contributed by atoms with Crippen molar-refractivity contribution < 1.29 is 28.5 Å². The summed E-state index contributed by atoms with van der Waals surface area (Å²) >= 11 is 6.28. The maximum atomic E-state index is 13.3. The summed E-state index contributed by atoms with van der Waals surface area (Å²) in [4.78, 5) is 13.3. The van der Waals surface area contributed by atoms with Crippen LogP contribution in [0.4, 0.5) is 0 Å². The summed E-state index contributed by atoms with van der Waals surface area (Å²) in [7, 11) is 3.60. The first-order valence-electron chi connectivity index (χ1n) is 11.8. The molecule has 2 aliphatic rings. The number of aryl methyl sites for hydroxylation is 2. The highest BCUT2D eigenvalue weighted by Crippen LogP contribution is 2.39. The van der Waals surface area contributed by atoms with E-state index in [1.807, 2.05) is 61.1 Å². The van der Waals surface area contributed by atoms with Crippen LogP contribution in [0.3, 0.4) is 0 Å². The number of carbonyl (C=O) groups is 1. The number of rotatable bonds is 5. The monoisotopic (exact) mass is 517 g/mol. The molecule has 37 heavy (non-hydrogen) atoms. The van der Waals surface area contributed by atoms with Gasteiger partial charge in [0.2, 0.25) is 5.78 Å². The van der Waals surface area contributed by atoms with Crippen LogP contribution in [0.1, 0.15) is 32.6 Å². The van der Waals surface area contributed by atoms with E-state index in [4.69, 9.17) is 35.3 Å². The summed E-state index contributed by atoms with van der Waals surface area (Å²) in [6.45, 7) is 2.75. The minimum Gasteiger partial charge on any atom is -0.497 e. The van der Waals surface area contributed by atoms with Gasteiger partial charge in [0.05, 0.1) is 19.3 Å². The molecule has 1 aromatic heterocycles. The SMILES string of the molecule is COc1ccc2c(c1)c(/C=C1\Oc3cc(OCc4cc(Cl)cc5c4OCOC5)cc(C)c3C1=O)cn2C. The molecular formula is C29H24ClNO6. The second kappa shape index (κ2) is 9.18. The first-order chi connectivity index (χ1) is 17.9. The minimum absolute atomic E-state index is 0.156. The second-order valence-corrected chi connectivity index (χ2v) is 9.52. The zero-order valence-electron chi connectivity index (χ0n) is 20.6. The van der Waals surface area contributed by atoms with Gasteiger partial charge >= 0.3 is 0 Å². The second-order valence-electron chi connectivity index (χ2n) is 9.08. The molecule has 7 nitrogen and oxygen atoms in total. The number of ether oxygens (including phenoxy) is 5. The van der Waals surface area contributed by atoms with E-state index < -0.39 is 0 Å². The standard InChI is InChI=1S/C29H24ClNO6/c1-16-6-22(35-14-19-8-20(30)7-18-13-34-15-36-29(18)19)11-25-27(16)28(32)26(37-25)9-17-12-31(2)24-5-4-21(33-3)10-23(17)24/h4-12H,13-15H2,1-3H3/b26-9-. The van der Waals surface area contributed by atoms with E-state index in [1.165, 1.54) is 0 Å². The van der Waals surface area contributed by atoms with Crippen molar-refractivity contribution in [3.63, 3.8) is 0 Å². The van der Waals surface area contributed by atoms with Gasteiger partial charge in [0.25, 0.3) is 0 Å². The Balaban J connectivity index is 1.28. The minimum atomic E-state index is -0.156. The molecule has 2 aliphatic heterocycles. The molecule has 0 spiro atoms. The number of aromatic nitrogens is 1. The molecule has 0 N–H and O–H groups in total. The molecule has 0 aliphatic carbocycles. The van der Waals surface area contributed by atoms with Crippen LogP contribution in [0.5, 0.6) is 23.0 Å². The molecular weight excluding hydrogens is 494 g/mol. The fourth-order valence-corrected chi connectivity index (χ4v) is 5.13. The van der Waals surface area contributed by atoms with Gasteiger partial charge in [-0.1, -0.05) is 11.6 Å². The Morgan fingerprint density at radius 3 is 2.84 bits per heavy atom. The summed E-state index contributed by atoms with van der Waals surface area (Å²) in [5.74, 6) is 2.65. The Hall–Kier alpha value is -3.94. The average molecular weight is 518 g/mol. The van der Waals surface area contributed by atoms with Gasteiger partial charge in [-0.25, -0.2) is 0 Å². The molecule has 0 bridgehead atoms. The predicted molar refractivity (Wildman–Crippen MR) is 140 cm³/mol. The van der Waals surface area contributed by atoms with E-state index in [2.05, 4.69) is 0 Å². The normalized spacial score (nSPS) is 15.4. The van der Waals surface area contributed by atoms with Crippen molar-refractivity contribution in [3.8, 4) is 23.0 Å². The molecule has 0 fully saturated rings. The highest BCUT2D eigenvalue weighted by molar-refractivity contribution is 6.30. The third kappa shape index (κ3) is 4.20. The zero-order valence-corrected chi connectivity index (χ0v) is 21.3. The molecule has 0 atom stereocenters. The third-order valence-electron chi connectivity index (χ3n) is 6.60. The average Bonchev–Trinajstić information content (AvgIpc) is 3.37. The number of benzene rings is 3. The van der Waals surface area contributed by atoms with Crippen LogP contribution < -0.4 is 18.9 Å². The van der Waals surface area contributed by atoms with Gasteiger partial charge in [-0.3, -0.25) is 4.79 Å². The molecule has 3 heterocycles. The molecule has 0 amide bonds. The van der Waals surface area contributed by atoms with Crippen molar-refractivity contribution >= 4 is 34.4 Å². The van der Waals surface area contributed by atoms with Crippen molar-refractivity contribution in [2.24, 2.45) is 7.05 Å². The molecule has 188 valence electrons. The highest BCUT2D eigenvalue weighted by atomic mass is 35.5. The Morgan fingerprint density at radius 1 is 1.14 bits per heavy atom. The van der Waals surface area contributed by atoms with Crippen molar-refractivity contribution in [3.05, 3.63) is 87.3 Å². The molecule has 8 heteroatoms. The van der Waals surface area contributed by atoms with Crippen molar-refractivity contribution in [2.45, 2.75) is 20.1 Å². The fourth-order valence-electron chi connectivity index (χ4n) is 4.87. The van der Waals surface area contributed by atoms with E-state index in [-0.39, 0.29) is 24.9 Å². The molecule has 4 aromatic rings. The quantitative estimate of drug-likeness (QED) is 0.293. The van der Waals surface area contributed by atoms with E-state index >= 15 is 0 Å². The molecule has 0 unspecified atom stereocenters. The first-order valence-corrected chi connectivity index (χ1v) is 12.2. The summed E-state index contributed by atoms with van der Waals surface area (Å²) < 4.78 is 30.6. The number of hydrogen-bond acceptors (Lipinski definition) is 6. The number of nitrogens with zero attached hydrogens (tertiary/aromatic N) is 1. The number of fused-ring (bicyclic) bond motifs is 3. The number of methoxy groups -OCH3 is 1. The maximum absolute atomic E-state index is 13.3. The van der Waals surface area contributed by atoms with Crippen LogP contribution in [0.25, 0.3) is 17.0 Å². The Labute approximate surface area is 218 Å². The number of hydrogen-bond donors (Lipinski definition) is 0. The van der Waals surface area contributed by atoms with Gasteiger partial charge in [-0.05, 0) is 55.0 Å². The highest BCUT2D eigenvalue weighted by Gasteiger charge is 2.30. The molecule has 0 saturated heterocycles. The Morgan fingerprint density at radius 2 is 2.00 bits per heavy atom. The Bertz CT molecular complexity index is 1600. The summed E-state index contributed by atoms with van der Waals surface area (Å²) in [5.41, 5.74) is 4.93. The topological polar surface area (TPSA) is 68.2 Å². The number of ketones is 1. The lowest BCUT2D eigenvalue weighted by molar-refractivity contribution is -0.0175. The third-order valence-corrected chi connectivity index (χ3v) is 6.82. The van der Waals surface area contributed by atoms with Crippen LogP contribution in [0.2, 0.25) is 5.02 Å². The molecule has 6 rings (SSSR count). The lowest BCUT2D eigenvalue weighted by Gasteiger charge is -2.21. The van der Waals surface area contributed by atoms with Crippen molar-refractivity contribution in [2.75, 3.05) is 13.9 Å². The summed E-state index contributed by atoms with van der Waals surface area (Å²) in [6.07, 6.45) is 3.75. The van der Waals surface area contributed by atoms with Gasteiger partial charge in [-0.2, -0.15) is 0 Å². The van der Waals surface area contributed by atoms with Crippen LogP contribution in [-0.4, -0.2) is 24.3 Å². The van der Waals surface area contributed by atoms with E-state index in [1.54, 1.807) is 19.3 Å². The van der Waals surface area contributed by atoms with Gasteiger partial charge < -0.3 is 28.3 Å². The summed E-state index contributed by atoms with van der Waals surface area (Å²) in [6, 6.07) is 13.1. The van der Waals surface area contributed by atoms with Gasteiger partial charge in [0.15, 0.2) is 12.6 Å². The van der Waals surface area contributed by atoms with Crippen molar-refractivity contribution in [1.82, 2.24) is 4.57 Å². The molecule has 0 saturated carbocycles. The lowest BCUT2D eigenvalue weighted by atomic mass is 10.0. The number of carbonyl (C=O) groups excluding carboxylic acids is 1. The summed E-state index contributed by atoms with van der Waals surface area (Å²) in [5, 5.41) is 1.56. The zero-order chi connectivity index (χ0) is 25.7. The number of Topliss-reactive ketones (excluding diaryl/α,β-unsaturated/α-hetero) is 1. The first kappa shape index (κ1) is 23.5. The lowest BCUT2D eigenvalue weighted by Crippen LogP contribution is -2.14.